The Hall–Kier alpha value is -0.520. The third-order valence-corrected chi connectivity index (χ3v) is 4.45. The Morgan fingerprint density at radius 1 is 0.941 bits per heavy atom. The quantitative estimate of drug-likeness (QED) is 0.466. The molecule has 0 aromatic rings. The summed E-state index contributed by atoms with van der Waals surface area (Å²) >= 11 is 0. The lowest BCUT2D eigenvalue weighted by atomic mass is 9.71. The molecule has 1 unspecified atom stereocenters. The summed E-state index contributed by atoms with van der Waals surface area (Å²) in [5.41, 5.74) is 2.31. The minimum atomic E-state index is 0.341. The summed E-state index contributed by atoms with van der Waals surface area (Å²) in [5, 5.41) is 0. The van der Waals surface area contributed by atoms with Crippen molar-refractivity contribution in [2.45, 2.75) is 74.1 Å². The molecule has 0 heterocycles. The van der Waals surface area contributed by atoms with E-state index in [4.69, 9.17) is 0 Å². The maximum Gasteiger partial charge on any atom is -0.00810 e. The van der Waals surface area contributed by atoms with Gasteiger partial charge in [0.2, 0.25) is 0 Å². The molecule has 0 radical (unpaired) electrons. The lowest BCUT2D eigenvalue weighted by Crippen LogP contribution is -2.21. The van der Waals surface area contributed by atoms with Crippen molar-refractivity contribution in [3.05, 3.63) is 23.8 Å². The summed E-state index contributed by atoms with van der Waals surface area (Å²) in [6.07, 6.45) is 11.8. The first-order valence-electron chi connectivity index (χ1n) is 7.14. The van der Waals surface area contributed by atoms with Gasteiger partial charge in [0.1, 0.15) is 0 Å². The Morgan fingerprint density at radius 2 is 1.53 bits per heavy atom. The van der Waals surface area contributed by atoms with Crippen LogP contribution in [0, 0.1) is 10.8 Å². The fourth-order valence-corrected chi connectivity index (χ4v) is 2.14. The highest BCUT2D eigenvalue weighted by Gasteiger charge is 2.27. The number of allylic oxidation sites excluding steroid dienone is 4. The van der Waals surface area contributed by atoms with Crippen molar-refractivity contribution in [2.24, 2.45) is 10.8 Å². The van der Waals surface area contributed by atoms with Gasteiger partial charge in [-0.05, 0) is 49.5 Å². The summed E-state index contributed by atoms with van der Waals surface area (Å²) in [6, 6.07) is 0. The van der Waals surface area contributed by atoms with Crippen molar-refractivity contribution >= 4 is 0 Å². The van der Waals surface area contributed by atoms with Gasteiger partial charge in [0.15, 0.2) is 0 Å². The Morgan fingerprint density at radius 3 is 1.88 bits per heavy atom. The molecule has 0 saturated carbocycles. The van der Waals surface area contributed by atoms with Crippen LogP contribution < -0.4 is 0 Å². The smallest absolute Gasteiger partial charge is 0.00810 e. The maximum absolute atomic E-state index is 2.41. The molecule has 0 aliphatic heterocycles. The second kappa shape index (κ2) is 7.03. The van der Waals surface area contributed by atoms with Gasteiger partial charge in [0.05, 0.1) is 0 Å². The third-order valence-electron chi connectivity index (χ3n) is 4.45. The van der Waals surface area contributed by atoms with Gasteiger partial charge in [-0.25, -0.2) is 0 Å². The molecule has 0 aliphatic carbocycles. The normalized spacial score (nSPS) is 17.5. The fraction of sp³-hybridized carbons (Fsp3) is 0.765. The van der Waals surface area contributed by atoms with E-state index >= 15 is 0 Å². The molecule has 0 fully saturated rings. The summed E-state index contributed by atoms with van der Waals surface area (Å²) in [5.74, 6) is 0. The molecule has 0 aromatic heterocycles. The molecule has 0 heteroatoms. The van der Waals surface area contributed by atoms with Crippen molar-refractivity contribution in [3.63, 3.8) is 0 Å². The summed E-state index contributed by atoms with van der Waals surface area (Å²) in [7, 11) is 0. The van der Waals surface area contributed by atoms with E-state index in [1.54, 1.807) is 0 Å². The van der Waals surface area contributed by atoms with Gasteiger partial charge in [-0.15, -0.1) is 0 Å². The zero-order valence-electron chi connectivity index (χ0n) is 13.1. The van der Waals surface area contributed by atoms with Crippen LogP contribution >= 0.6 is 0 Å². The molecule has 17 heavy (non-hydrogen) atoms. The highest BCUT2D eigenvalue weighted by Crippen LogP contribution is 2.40. The lowest BCUT2D eigenvalue weighted by Gasteiger charge is -2.34. The first kappa shape index (κ1) is 16.5. The van der Waals surface area contributed by atoms with Crippen molar-refractivity contribution in [1.82, 2.24) is 0 Å². The Balaban J connectivity index is 4.80. The Labute approximate surface area is 109 Å². The Kier molecular flexibility index (Phi) is 6.82. The number of hydrogen-bond acceptors (Lipinski definition) is 0. The van der Waals surface area contributed by atoms with E-state index in [0.717, 1.165) is 0 Å². The van der Waals surface area contributed by atoms with Gasteiger partial charge in [-0.1, -0.05) is 59.3 Å². The van der Waals surface area contributed by atoms with Crippen molar-refractivity contribution < 1.29 is 0 Å². The molecule has 0 aliphatic rings. The SMILES string of the molecule is CC=CC(=CC)C(C)(CC)CCC(C)(C)CC. The van der Waals surface area contributed by atoms with Crippen LogP contribution in [-0.4, -0.2) is 0 Å². The maximum atomic E-state index is 2.41. The third kappa shape index (κ3) is 5.10. The van der Waals surface area contributed by atoms with Crippen molar-refractivity contribution in [3.8, 4) is 0 Å². The topological polar surface area (TPSA) is 0 Å². The van der Waals surface area contributed by atoms with E-state index in [1.807, 2.05) is 0 Å². The number of rotatable bonds is 7. The molecule has 0 saturated heterocycles. The molecule has 0 N–H and O–H groups in total. The van der Waals surface area contributed by atoms with Gasteiger partial charge >= 0.3 is 0 Å². The van der Waals surface area contributed by atoms with Gasteiger partial charge in [0, 0.05) is 0 Å². The average Bonchev–Trinajstić information content (AvgIpc) is 2.33. The largest absolute Gasteiger partial charge is 0.0874 e. The first-order chi connectivity index (χ1) is 7.85. The molecular weight excluding hydrogens is 204 g/mol. The van der Waals surface area contributed by atoms with E-state index in [0.29, 0.717) is 10.8 Å². The first-order valence-corrected chi connectivity index (χ1v) is 7.14. The molecule has 0 nitrogen and oxygen atoms in total. The van der Waals surface area contributed by atoms with Gasteiger partial charge in [-0.2, -0.15) is 0 Å². The molecule has 0 rings (SSSR count). The second-order valence-corrected chi connectivity index (χ2v) is 6.18. The average molecular weight is 236 g/mol. The lowest BCUT2D eigenvalue weighted by molar-refractivity contribution is 0.244. The van der Waals surface area contributed by atoms with E-state index < -0.39 is 0 Å². The van der Waals surface area contributed by atoms with E-state index in [1.165, 1.54) is 31.3 Å². The van der Waals surface area contributed by atoms with Crippen LogP contribution in [0.25, 0.3) is 0 Å². The van der Waals surface area contributed by atoms with E-state index in [9.17, 15) is 0 Å². The molecule has 100 valence electrons. The second-order valence-electron chi connectivity index (χ2n) is 6.18. The zero-order chi connectivity index (χ0) is 13.5. The van der Waals surface area contributed by atoms with Gasteiger partial charge < -0.3 is 0 Å². The van der Waals surface area contributed by atoms with Crippen LogP contribution in [0.1, 0.15) is 74.1 Å². The summed E-state index contributed by atoms with van der Waals surface area (Å²) in [4.78, 5) is 0. The van der Waals surface area contributed by atoms with E-state index in [2.05, 4.69) is 66.7 Å². The zero-order valence-corrected chi connectivity index (χ0v) is 13.1. The highest BCUT2D eigenvalue weighted by molar-refractivity contribution is 5.25. The molecule has 0 bridgehead atoms. The predicted octanol–water partition coefficient (Wildman–Crippen LogP) is 6.14. The van der Waals surface area contributed by atoms with Crippen molar-refractivity contribution in [1.29, 1.82) is 0 Å². The van der Waals surface area contributed by atoms with Crippen LogP contribution in [0.4, 0.5) is 0 Å². The number of hydrogen-bond donors (Lipinski definition) is 0. The van der Waals surface area contributed by atoms with Crippen LogP contribution in [0.2, 0.25) is 0 Å². The molecule has 0 spiro atoms. The van der Waals surface area contributed by atoms with Crippen LogP contribution in [-0.2, 0) is 0 Å². The van der Waals surface area contributed by atoms with Crippen LogP contribution in [0.5, 0.6) is 0 Å². The van der Waals surface area contributed by atoms with Gasteiger partial charge in [-0.3, -0.25) is 0 Å². The predicted molar refractivity (Wildman–Crippen MR) is 80.3 cm³/mol. The minimum absolute atomic E-state index is 0.341. The summed E-state index contributed by atoms with van der Waals surface area (Å²) < 4.78 is 0. The standard InChI is InChI=1S/C17H32/c1-8-12-15(9-2)17(7,11-4)14-13-16(5,6)10-3/h8-9,12H,10-11,13-14H2,1-7H3. The molecule has 1 atom stereocenters. The highest BCUT2D eigenvalue weighted by atomic mass is 14.3. The van der Waals surface area contributed by atoms with Crippen molar-refractivity contribution in [2.75, 3.05) is 0 Å². The summed E-state index contributed by atoms with van der Waals surface area (Å²) in [6.45, 7) is 16.1. The molecule has 0 amide bonds. The van der Waals surface area contributed by atoms with Crippen LogP contribution in [0.3, 0.4) is 0 Å². The molecular formula is C17H32. The minimum Gasteiger partial charge on any atom is -0.0874 e. The van der Waals surface area contributed by atoms with Crippen LogP contribution in [0.15, 0.2) is 23.8 Å². The monoisotopic (exact) mass is 236 g/mol. The van der Waals surface area contributed by atoms with Gasteiger partial charge in [0.25, 0.3) is 0 Å². The van der Waals surface area contributed by atoms with E-state index in [-0.39, 0.29) is 0 Å². The fourth-order valence-electron chi connectivity index (χ4n) is 2.14. The molecule has 0 aromatic carbocycles. The Bertz CT molecular complexity index is 268.